The van der Waals surface area contributed by atoms with Gasteiger partial charge in [0.15, 0.2) is 11.4 Å². The van der Waals surface area contributed by atoms with Gasteiger partial charge in [-0.3, -0.25) is 4.79 Å². The summed E-state index contributed by atoms with van der Waals surface area (Å²) in [5.41, 5.74) is 2.26. The second-order valence-corrected chi connectivity index (χ2v) is 5.49. The van der Waals surface area contributed by atoms with Crippen LogP contribution in [-0.4, -0.2) is 28.9 Å². The number of hydrogen-bond acceptors (Lipinski definition) is 3. The Morgan fingerprint density at radius 3 is 2.83 bits per heavy atom. The summed E-state index contributed by atoms with van der Waals surface area (Å²) >= 11 is 5.81. The number of ether oxygens (including phenoxy) is 1. The third-order valence-corrected chi connectivity index (χ3v) is 3.74. The number of imidazole rings is 1. The number of rotatable bonds is 5. The van der Waals surface area contributed by atoms with E-state index in [1.54, 1.807) is 31.4 Å². The number of pyridine rings is 1. The normalized spacial score (nSPS) is 10.7. The van der Waals surface area contributed by atoms with Crippen LogP contribution >= 0.6 is 11.6 Å². The zero-order valence-electron chi connectivity index (χ0n) is 12.6. The Bertz CT molecular complexity index is 827. The summed E-state index contributed by atoms with van der Waals surface area (Å²) in [7, 11) is 1.62. The first-order valence-corrected chi connectivity index (χ1v) is 7.59. The Morgan fingerprint density at radius 2 is 2.09 bits per heavy atom. The van der Waals surface area contributed by atoms with E-state index in [1.807, 2.05) is 28.9 Å². The molecule has 3 aromatic rings. The van der Waals surface area contributed by atoms with E-state index >= 15 is 0 Å². The third kappa shape index (κ3) is 3.46. The average molecular weight is 330 g/mol. The first kappa shape index (κ1) is 15.4. The van der Waals surface area contributed by atoms with Gasteiger partial charge in [0, 0.05) is 35.9 Å². The molecule has 0 aliphatic heterocycles. The number of amides is 1. The zero-order chi connectivity index (χ0) is 16.2. The molecule has 0 fully saturated rings. The second-order valence-electron chi connectivity index (χ2n) is 5.05. The Balaban J connectivity index is 1.62. The van der Waals surface area contributed by atoms with Crippen LogP contribution in [0.3, 0.4) is 0 Å². The number of benzene rings is 1. The van der Waals surface area contributed by atoms with E-state index in [0.29, 0.717) is 23.6 Å². The van der Waals surface area contributed by atoms with Gasteiger partial charge in [0.1, 0.15) is 0 Å². The second kappa shape index (κ2) is 6.71. The molecule has 0 spiro atoms. The van der Waals surface area contributed by atoms with E-state index in [4.69, 9.17) is 16.3 Å². The van der Waals surface area contributed by atoms with Crippen LogP contribution in [0, 0.1) is 0 Å². The fraction of sp³-hybridized carbons (Fsp3) is 0.176. The molecule has 0 saturated heterocycles. The van der Waals surface area contributed by atoms with Gasteiger partial charge in [-0.1, -0.05) is 11.6 Å². The number of carbonyl (C=O) groups is 1. The lowest BCUT2D eigenvalue weighted by Gasteiger charge is -2.04. The van der Waals surface area contributed by atoms with Crippen molar-refractivity contribution in [1.29, 1.82) is 0 Å². The topological polar surface area (TPSA) is 55.6 Å². The molecular formula is C17H16ClN3O2. The summed E-state index contributed by atoms with van der Waals surface area (Å²) in [5.74, 6) is 0.604. The predicted molar refractivity (Wildman–Crippen MR) is 89.2 cm³/mol. The van der Waals surface area contributed by atoms with Gasteiger partial charge in [-0.15, -0.1) is 0 Å². The molecule has 2 heterocycles. The lowest BCUT2D eigenvalue weighted by Crippen LogP contribution is -2.25. The zero-order valence-corrected chi connectivity index (χ0v) is 13.4. The van der Waals surface area contributed by atoms with Crippen molar-refractivity contribution in [3.63, 3.8) is 0 Å². The maximum atomic E-state index is 12.0. The molecule has 0 radical (unpaired) electrons. The van der Waals surface area contributed by atoms with E-state index in [2.05, 4.69) is 10.3 Å². The highest BCUT2D eigenvalue weighted by Crippen LogP contribution is 2.18. The minimum Gasteiger partial charge on any atom is -0.493 e. The number of aromatic nitrogens is 2. The Hall–Kier alpha value is -2.53. The van der Waals surface area contributed by atoms with E-state index in [0.717, 1.165) is 17.1 Å². The van der Waals surface area contributed by atoms with Crippen LogP contribution in [0.2, 0.25) is 5.02 Å². The molecule has 23 heavy (non-hydrogen) atoms. The molecule has 0 aliphatic rings. The average Bonchev–Trinajstić information content (AvgIpc) is 2.98. The van der Waals surface area contributed by atoms with Crippen LogP contribution in [0.1, 0.15) is 16.1 Å². The van der Waals surface area contributed by atoms with Crippen molar-refractivity contribution in [2.75, 3.05) is 13.7 Å². The molecule has 5 nitrogen and oxygen atoms in total. The number of hydrogen-bond donors (Lipinski definition) is 1. The monoisotopic (exact) mass is 329 g/mol. The minimum absolute atomic E-state index is 0.122. The number of carbonyl (C=O) groups excluding carboxylic acids is 1. The lowest BCUT2D eigenvalue weighted by molar-refractivity contribution is 0.0954. The fourth-order valence-electron chi connectivity index (χ4n) is 2.33. The van der Waals surface area contributed by atoms with Crippen molar-refractivity contribution >= 4 is 23.2 Å². The molecule has 0 atom stereocenters. The van der Waals surface area contributed by atoms with Crippen molar-refractivity contribution in [2.24, 2.45) is 0 Å². The molecule has 0 unspecified atom stereocenters. The molecule has 1 amide bonds. The molecule has 6 heteroatoms. The summed E-state index contributed by atoms with van der Waals surface area (Å²) in [6.45, 7) is 0.508. The Labute approximate surface area is 138 Å². The van der Waals surface area contributed by atoms with Gasteiger partial charge >= 0.3 is 0 Å². The van der Waals surface area contributed by atoms with E-state index < -0.39 is 0 Å². The van der Waals surface area contributed by atoms with E-state index in [1.165, 1.54) is 0 Å². The van der Waals surface area contributed by atoms with Crippen molar-refractivity contribution in [3.8, 4) is 5.75 Å². The molecule has 2 aromatic heterocycles. The summed E-state index contributed by atoms with van der Waals surface area (Å²) < 4.78 is 7.20. The molecule has 0 bridgehead atoms. The molecule has 1 aromatic carbocycles. The minimum atomic E-state index is -0.122. The smallest absolute Gasteiger partial charge is 0.251 e. The highest BCUT2D eigenvalue weighted by Gasteiger charge is 2.08. The van der Waals surface area contributed by atoms with E-state index in [9.17, 15) is 4.79 Å². The Kier molecular flexibility index (Phi) is 4.48. The Morgan fingerprint density at radius 1 is 1.30 bits per heavy atom. The van der Waals surface area contributed by atoms with Crippen molar-refractivity contribution in [3.05, 3.63) is 65.1 Å². The largest absolute Gasteiger partial charge is 0.493 e. The van der Waals surface area contributed by atoms with Gasteiger partial charge in [0.05, 0.1) is 12.8 Å². The number of halogens is 1. The van der Waals surface area contributed by atoms with Crippen LogP contribution in [0.5, 0.6) is 5.75 Å². The quantitative estimate of drug-likeness (QED) is 0.783. The SMILES string of the molecule is COc1cccn2cc(CCNC(=O)c3ccc(Cl)cc3)nc12. The molecule has 3 rings (SSSR count). The summed E-state index contributed by atoms with van der Waals surface area (Å²) in [6, 6.07) is 10.6. The lowest BCUT2D eigenvalue weighted by atomic mass is 10.2. The first-order chi connectivity index (χ1) is 11.2. The van der Waals surface area contributed by atoms with E-state index in [-0.39, 0.29) is 5.91 Å². The number of fused-ring (bicyclic) bond motifs is 1. The molecule has 1 N–H and O–H groups in total. The predicted octanol–water partition coefficient (Wildman–Crippen LogP) is 2.97. The van der Waals surface area contributed by atoms with Crippen LogP contribution in [0.15, 0.2) is 48.8 Å². The summed E-state index contributed by atoms with van der Waals surface area (Å²) in [6.07, 6.45) is 4.50. The summed E-state index contributed by atoms with van der Waals surface area (Å²) in [4.78, 5) is 16.6. The number of methoxy groups -OCH3 is 1. The maximum Gasteiger partial charge on any atom is 0.251 e. The maximum absolute atomic E-state index is 12.0. The highest BCUT2D eigenvalue weighted by atomic mass is 35.5. The molecular weight excluding hydrogens is 314 g/mol. The van der Waals surface area contributed by atoms with Gasteiger partial charge in [-0.2, -0.15) is 0 Å². The van der Waals surface area contributed by atoms with Crippen LogP contribution in [0.4, 0.5) is 0 Å². The third-order valence-electron chi connectivity index (χ3n) is 3.49. The van der Waals surface area contributed by atoms with Gasteiger partial charge in [0.2, 0.25) is 0 Å². The number of nitrogens with zero attached hydrogens (tertiary/aromatic N) is 2. The van der Waals surface area contributed by atoms with Gasteiger partial charge in [-0.25, -0.2) is 4.98 Å². The van der Waals surface area contributed by atoms with Gasteiger partial charge in [-0.05, 0) is 36.4 Å². The van der Waals surface area contributed by atoms with Crippen LogP contribution < -0.4 is 10.1 Å². The molecule has 0 saturated carbocycles. The summed E-state index contributed by atoms with van der Waals surface area (Å²) in [5, 5.41) is 3.49. The molecule has 0 aliphatic carbocycles. The van der Waals surface area contributed by atoms with Gasteiger partial charge in [0.25, 0.3) is 5.91 Å². The van der Waals surface area contributed by atoms with Crippen molar-refractivity contribution in [1.82, 2.24) is 14.7 Å². The highest BCUT2D eigenvalue weighted by molar-refractivity contribution is 6.30. The van der Waals surface area contributed by atoms with Crippen molar-refractivity contribution < 1.29 is 9.53 Å². The first-order valence-electron chi connectivity index (χ1n) is 7.22. The molecule has 118 valence electrons. The van der Waals surface area contributed by atoms with Crippen LogP contribution in [-0.2, 0) is 6.42 Å². The number of nitrogens with one attached hydrogen (secondary N) is 1. The standard InChI is InChI=1S/C17H16ClN3O2/c1-23-15-3-2-10-21-11-14(20-16(15)21)8-9-19-17(22)12-4-6-13(18)7-5-12/h2-7,10-11H,8-9H2,1H3,(H,19,22). The fourth-order valence-corrected chi connectivity index (χ4v) is 2.45. The van der Waals surface area contributed by atoms with Crippen LogP contribution in [0.25, 0.3) is 5.65 Å². The van der Waals surface area contributed by atoms with Gasteiger partial charge < -0.3 is 14.5 Å². The van der Waals surface area contributed by atoms with Crippen molar-refractivity contribution in [2.45, 2.75) is 6.42 Å².